The number of nitrogens with one attached hydrogen (secondary N) is 1. The highest BCUT2D eigenvalue weighted by atomic mass is 32.1. The van der Waals surface area contributed by atoms with Crippen LogP contribution in [0.1, 0.15) is 24.4 Å². The molecular formula is C25H20FN5S. The average molecular weight is 442 g/mol. The Morgan fingerprint density at radius 3 is 2.72 bits per heavy atom. The molecule has 0 saturated heterocycles. The number of halogens is 1. The van der Waals surface area contributed by atoms with Gasteiger partial charge in [-0.2, -0.15) is 0 Å². The van der Waals surface area contributed by atoms with E-state index in [-0.39, 0.29) is 11.9 Å². The predicted molar refractivity (Wildman–Crippen MR) is 127 cm³/mol. The van der Waals surface area contributed by atoms with Crippen molar-refractivity contribution < 1.29 is 4.39 Å². The molecule has 5 aromatic rings. The number of rotatable bonds is 5. The monoisotopic (exact) mass is 441 g/mol. The zero-order valence-electron chi connectivity index (χ0n) is 17.6. The molecule has 0 aliphatic heterocycles. The molecule has 1 atom stereocenters. The molecule has 0 aliphatic carbocycles. The number of benzene rings is 2. The van der Waals surface area contributed by atoms with Crippen LogP contribution in [0, 0.1) is 12.7 Å². The van der Waals surface area contributed by atoms with Gasteiger partial charge in [-0.1, -0.05) is 24.3 Å². The maximum Gasteiger partial charge on any atom is 0.142 e. The molecule has 0 bridgehead atoms. The van der Waals surface area contributed by atoms with Crippen molar-refractivity contribution >= 4 is 27.4 Å². The van der Waals surface area contributed by atoms with E-state index in [1.54, 1.807) is 17.5 Å². The third-order valence-corrected chi connectivity index (χ3v) is 6.05. The second kappa shape index (κ2) is 8.43. The smallest absolute Gasteiger partial charge is 0.142 e. The number of thiazole rings is 1. The fourth-order valence-electron chi connectivity index (χ4n) is 3.67. The molecule has 0 spiro atoms. The quantitative estimate of drug-likeness (QED) is 0.340. The Hall–Kier alpha value is -3.71. The molecule has 3 heterocycles. The van der Waals surface area contributed by atoms with Gasteiger partial charge in [0, 0.05) is 29.4 Å². The molecule has 2 aromatic carbocycles. The lowest BCUT2D eigenvalue weighted by Gasteiger charge is -2.17. The first-order valence-electron chi connectivity index (χ1n) is 10.2. The lowest BCUT2D eigenvalue weighted by molar-refractivity contribution is 0.622. The van der Waals surface area contributed by atoms with Crippen LogP contribution in [0.25, 0.3) is 32.6 Å². The number of anilines is 1. The number of nitrogens with zero attached hydrogens (tertiary/aromatic N) is 4. The van der Waals surface area contributed by atoms with Crippen molar-refractivity contribution in [2.24, 2.45) is 0 Å². The first kappa shape index (κ1) is 20.2. The third-order valence-electron chi connectivity index (χ3n) is 5.25. The van der Waals surface area contributed by atoms with Crippen LogP contribution in [0.15, 0.2) is 72.5 Å². The van der Waals surface area contributed by atoms with Crippen molar-refractivity contribution in [2.45, 2.75) is 19.9 Å². The topological polar surface area (TPSA) is 63.6 Å². The van der Waals surface area contributed by atoms with Crippen molar-refractivity contribution in [3.05, 3.63) is 89.7 Å². The van der Waals surface area contributed by atoms with Gasteiger partial charge in [-0.25, -0.2) is 19.3 Å². The molecule has 5 rings (SSSR count). The second-order valence-corrected chi connectivity index (χ2v) is 8.49. The summed E-state index contributed by atoms with van der Waals surface area (Å²) >= 11 is 1.61. The summed E-state index contributed by atoms with van der Waals surface area (Å²) in [5, 5.41) is 3.48. The molecule has 0 unspecified atom stereocenters. The van der Waals surface area contributed by atoms with Gasteiger partial charge in [-0.3, -0.25) is 4.98 Å². The van der Waals surface area contributed by atoms with Gasteiger partial charge < -0.3 is 5.32 Å². The lowest BCUT2D eigenvalue weighted by atomic mass is 10.0. The van der Waals surface area contributed by atoms with E-state index in [1.165, 1.54) is 12.3 Å². The number of hydrogen-bond acceptors (Lipinski definition) is 6. The Labute approximate surface area is 189 Å². The van der Waals surface area contributed by atoms with Crippen molar-refractivity contribution in [3.63, 3.8) is 0 Å². The molecule has 0 saturated carbocycles. The zero-order valence-corrected chi connectivity index (χ0v) is 18.4. The van der Waals surface area contributed by atoms with E-state index in [0.29, 0.717) is 5.82 Å². The summed E-state index contributed by atoms with van der Waals surface area (Å²) in [6, 6.07) is 17.6. The van der Waals surface area contributed by atoms with E-state index in [2.05, 4.69) is 38.2 Å². The molecule has 7 heteroatoms. The molecule has 5 nitrogen and oxygen atoms in total. The Balaban J connectivity index is 1.42. The molecular weight excluding hydrogens is 421 g/mol. The van der Waals surface area contributed by atoms with Crippen molar-refractivity contribution in [1.29, 1.82) is 0 Å². The third kappa shape index (κ3) is 4.20. The average Bonchev–Trinajstić information content (AvgIpc) is 3.27. The minimum absolute atomic E-state index is 0.0115. The van der Waals surface area contributed by atoms with Gasteiger partial charge in [-0.15, -0.1) is 11.3 Å². The van der Waals surface area contributed by atoms with E-state index < -0.39 is 0 Å². The molecule has 32 heavy (non-hydrogen) atoms. The summed E-state index contributed by atoms with van der Waals surface area (Å²) < 4.78 is 14.7. The van der Waals surface area contributed by atoms with Gasteiger partial charge in [-0.05, 0) is 49.2 Å². The Morgan fingerprint density at radius 1 is 0.938 bits per heavy atom. The molecule has 1 N–H and O–H groups in total. The molecule has 158 valence electrons. The van der Waals surface area contributed by atoms with E-state index in [0.717, 1.165) is 44.0 Å². The highest BCUT2D eigenvalue weighted by molar-refractivity contribution is 7.16. The van der Waals surface area contributed by atoms with Crippen LogP contribution in [0.4, 0.5) is 10.2 Å². The Morgan fingerprint density at radius 2 is 1.84 bits per heavy atom. The molecule has 0 radical (unpaired) electrons. The van der Waals surface area contributed by atoms with Gasteiger partial charge in [0.15, 0.2) is 0 Å². The highest BCUT2D eigenvalue weighted by Crippen LogP contribution is 2.28. The summed E-state index contributed by atoms with van der Waals surface area (Å²) in [5.74, 6) is 1.10. The predicted octanol–water partition coefficient (Wildman–Crippen LogP) is 6.44. The SMILES string of the molecule is Cc1nc(N[C@@H](C)c2cccc(-c3cncc(F)c3)c2)cc(-c2ccc3ncsc3c2)n1. The van der Waals surface area contributed by atoms with Crippen LogP contribution in [0.2, 0.25) is 0 Å². The van der Waals surface area contributed by atoms with Crippen LogP contribution < -0.4 is 5.32 Å². The number of pyridine rings is 1. The van der Waals surface area contributed by atoms with Gasteiger partial charge in [0.05, 0.1) is 27.6 Å². The summed E-state index contributed by atoms with van der Waals surface area (Å²) in [7, 11) is 0. The van der Waals surface area contributed by atoms with E-state index >= 15 is 0 Å². The second-order valence-electron chi connectivity index (χ2n) is 7.60. The number of aromatic nitrogens is 4. The number of fused-ring (bicyclic) bond motifs is 1. The zero-order chi connectivity index (χ0) is 22.1. The molecule has 0 fully saturated rings. The lowest BCUT2D eigenvalue weighted by Crippen LogP contribution is -2.09. The standard InChI is InChI=1S/C25H20FN5S/c1-15(17-4-3-5-18(8-17)20-9-21(26)13-27-12-20)29-25-11-23(30-16(2)31-25)19-6-7-22-24(10-19)32-14-28-22/h3-15H,1-2H3,(H,29,30,31)/t15-/m0/s1. The minimum atomic E-state index is -0.348. The summed E-state index contributed by atoms with van der Waals surface area (Å²) in [6.07, 6.45) is 2.87. The van der Waals surface area contributed by atoms with Crippen LogP contribution >= 0.6 is 11.3 Å². The maximum absolute atomic E-state index is 13.6. The fourth-order valence-corrected chi connectivity index (χ4v) is 4.38. The van der Waals surface area contributed by atoms with Crippen molar-refractivity contribution in [2.75, 3.05) is 5.32 Å². The largest absolute Gasteiger partial charge is 0.363 e. The van der Waals surface area contributed by atoms with Crippen molar-refractivity contribution in [1.82, 2.24) is 19.9 Å². The van der Waals surface area contributed by atoms with E-state index in [4.69, 9.17) is 0 Å². The first-order chi connectivity index (χ1) is 15.5. The number of aryl methyl sites for hydroxylation is 1. The van der Waals surface area contributed by atoms with Gasteiger partial charge in [0.25, 0.3) is 0 Å². The minimum Gasteiger partial charge on any atom is -0.363 e. The first-order valence-corrected chi connectivity index (χ1v) is 11.1. The molecule has 0 aliphatic rings. The maximum atomic E-state index is 13.6. The summed E-state index contributed by atoms with van der Waals surface area (Å²) in [6.45, 7) is 3.96. The summed E-state index contributed by atoms with van der Waals surface area (Å²) in [4.78, 5) is 17.5. The van der Waals surface area contributed by atoms with Gasteiger partial charge in [0.1, 0.15) is 17.5 Å². The van der Waals surface area contributed by atoms with Crippen LogP contribution in [-0.4, -0.2) is 19.9 Å². The van der Waals surface area contributed by atoms with Crippen LogP contribution in [0.5, 0.6) is 0 Å². The Bertz CT molecular complexity index is 1410. The van der Waals surface area contributed by atoms with E-state index in [1.807, 2.05) is 54.9 Å². The van der Waals surface area contributed by atoms with Crippen molar-refractivity contribution in [3.8, 4) is 22.4 Å². The summed E-state index contributed by atoms with van der Waals surface area (Å²) in [5.41, 5.74) is 7.46. The Kier molecular flexibility index (Phi) is 5.33. The van der Waals surface area contributed by atoms with E-state index in [9.17, 15) is 4.39 Å². The van der Waals surface area contributed by atoms with Crippen LogP contribution in [-0.2, 0) is 0 Å². The fraction of sp³-hybridized carbons (Fsp3) is 0.120. The van der Waals surface area contributed by atoms with Gasteiger partial charge in [0.2, 0.25) is 0 Å². The molecule has 3 aromatic heterocycles. The number of hydrogen-bond donors (Lipinski definition) is 1. The highest BCUT2D eigenvalue weighted by Gasteiger charge is 2.11. The molecule has 0 amide bonds. The van der Waals surface area contributed by atoms with Gasteiger partial charge >= 0.3 is 0 Å². The van der Waals surface area contributed by atoms with Crippen LogP contribution in [0.3, 0.4) is 0 Å². The normalized spacial score (nSPS) is 12.1.